The van der Waals surface area contributed by atoms with Crippen molar-refractivity contribution in [3.8, 4) is 0 Å². The molecule has 0 saturated carbocycles. The lowest BCUT2D eigenvalue weighted by molar-refractivity contribution is -0.289. The van der Waals surface area contributed by atoms with Crippen LogP contribution in [-0.2, 0) is 5.92 Å². The number of benzene rings is 1. The first kappa shape index (κ1) is 20.8. The van der Waals surface area contributed by atoms with Gasteiger partial charge in [-0.15, -0.1) is 0 Å². The Labute approximate surface area is 158 Å². The lowest BCUT2D eigenvalue weighted by Gasteiger charge is -2.21. The van der Waals surface area contributed by atoms with E-state index in [9.17, 15) is 35.5 Å². The molecule has 0 saturated heterocycles. The van der Waals surface area contributed by atoms with E-state index in [0.29, 0.717) is 12.1 Å². The lowest BCUT2D eigenvalue weighted by Crippen LogP contribution is -2.33. The standard InChI is InChI=1S/C17H13F7N4O/c1-7(9-3-5-10(6-4-9)16(20,21)17(22,23)24)28-14-11(12(27-28)13(18)19)15(29)26-8(2)25-14/h3-7,13H,1-2H3,(H,25,26,29). The minimum atomic E-state index is -5.76. The van der Waals surface area contributed by atoms with Crippen molar-refractivity contribution in [3.05, 3.63) is 57.3 Å². The number of nitrogens with zero attached hydrogens (tertiary/aromatic N) is 3. The molecule has 1 aromatic carbocycles. The van der Waals surface area contributed by atoms with Crippen molar-refractivity contribution in [3.63, 3.8) is 0 Å². The quantitative estimate of drug-likeness (QED) is 0.624. The molecule has 12 heteroatoms. The first-order valence-corrected chi connectivity index (χ1v) is 8.16. The summed E-state index contributed by atoms with van der Waals surface area (Å²) in [7, 11) is 0. The molecule has 2 aromatic heterocycles. The van der Waals surface area contributed by atoms with Crippen molar-refractivity contribution in [2.45, 2.75) is 38.4 Å². The molecule has 2 heterocycles. The van der Waals surface area contributed by atoms with Gasteiger partial charge < -0.3 is 4.98 Å². The summed E-state index contributed by atoms with van der Waals surface area (Å²) >= 11 is 0. The number of nitrogens with one attached hydrogen (secondary N) is 1. The number of aromatic amines is 1. The Morgan fingerprint density at radius 3 is 2.17 bits per heavy atom. The Balaban J connectivity index is 2.09. The molecule has 1 atom stereocenters. The second-order valence-corrected chi connectivity index (χ2v) is 6.35. The number of alkyl halides is 7. The molecule has 156 valence electrons. The van der Waals surface area contributed by atoms with Gasteiger partial charge in [0, 0.05) is 5.56 Å². The third kappa shape index (κ3) is 3.47. The van der Waals surface area contributed by atoms with Gasteiger partial charge in [-0.25, -0.2) is 18.4 Å². The van der Waals surface area contributed by atoms with Gasteiger partial charge in [-0.3, -0.25) is 4.79 Å². The van der Waals surface area contributed by atoms with Crippen LogP contribution in [-0.4, -0.2) is 25.9 Å². The summed E-state index contributed by atoms with van der Waals surface area (Å²) < 4.78 is 92.0. The van der Waals surface area contributed by atoms with Crippen LogP contribution in [0.1, 0.15) is 42.0 Å². The Hall–Kier alpha value is -2.92. The maximum absolute atomic E-state index is 13.4. The Morgan fingerprint density at radius 2 is 1.66 bits per heavy atom. The average Bonchev–Trinajstić information content (AvgIpc) is 3.00. The highest BCUT2D eigenvalue weighted by Gasteiger charge is 2.58. The summed E-state index contributed by atoms with van der Waals surface area (Å²) in [6, 6.07) is 2.34. The van der Waals surface area contributed by atoms with Crippen molar-refractivity contribution in [2.75, 3.05) is 0 Å². The zero-order chi connectivity index (χ0) is 21.7. The third-order valence-corrected chi connectivity index (χ3v) is 4.39. The van der Waals surface area contributed by atoms with E-state index in [-0.39, 0.29) is 17.0 Å². The first-order chi connectivity index (χ1) is 13.3. The molecule has 0 aliphatic rings. The van der Waals surface area contributed by atoms with Gasteiger partial charge in [0.25, 0.3) is 12.0 Å². The van der Waals surface area contributed by atoms with Crippen molar-refractivity contribution in [1.29, 1.82) is 0 Å². The number of fused-ring (bicyclic) bond motifs is 1. The second-order valence-electron chi connectivity index (χ2n) is 6.35. The van der Waals surface area contributed by atoms with Gasteiger partial charge in [-0.05, 0) is 19.4 Å². The smallest absolute Gasteiger partial charge is 0.310 e. The van der Waals surface area contributed by atoms with E-state index in [1.807, 2.05) is 0 Å². The van der Waals surface area contributed by atoms with Gasteiger partial charge >= 0.3 is 12.1 Å². The molecule has 5 nitrogen and oxygen atoms in total. The topological polar surface area (TPSA) is 63.6 Å². The lowest BCUT2D eigenvalue weighted by atomic mass is 10.0. The highest BCUT2D eigenvalue weighted by Crippen LogP contribution is 2.44. The van der Waals surface area contributed by atoms with Gasteiger partial charge in [0.05, 0.1) is 6.04 Å². The van der Waals surface area contributed by atoms with Gasteiger partial charge in [0.2, 0.25) is 0 Å². The van der Waals surface area contributed by atoms with Gasteiger partial charge in [0.1, 0.15) is 16.9 Å². The predicted molar refractivity (Wildman–Crippen MR) is 88.0 cm³/mol. The molecule has 0 aliphatic carbocycles. The molecule has 1 unspecified atom stereocenters. The Morgan fingerprint density at radius 1 is 1.07 bits per heavy atom. The molecular formula is C17H13F7N4O. The molecule has 3 rings (SSSR count). The summed E-state index contributed by atoms with van der Waals surface area (Å²) in [6.45, 7) is 2.88. The second kappa shape index (κ2) is 6.85. The van der Waals surface area contributed by atoms with Gasteiger partial charge in [-0.1, -0.05) is 24.3 Å². The van der Waals surface area contributed by atoms with E-state index in [1.165, 1.54) is 13.8 Å². The minimum Gasteiger partial charge on any atom is -0.310 e. The molecule has 0 radical (unpaired) electrons. The summed E-state index contributed by atoms with van der Waals surface area (Å²) in [5.74, 6) is -4.90. The van der Waals surface area contributed by atoms with Crippen LogP contribution in [0.3, 0.4) is 0 Å². The zero-order valence-electron chi connectivity index (χ0n) is 14.9. The number of H-pyrrole nitrogens is 1. The zero-order valence-corrected chi connectivity index (χ0v) is 14.9. The largest absolute Gasteiger partial charge is 0.458 e. The molecule has 0 bridgehead atoms. The maximum Gasteiger partial charge on any atom is 0.458 e. The number of halogens is 7. The molecule has 0 amide bonds. The number of aryl methyl sites for hydroxylation is 1. The van der Waals surface area contributed by atoms with E-state index in [1.54, 1.807) is 0 Å². The number of aromatic nitrogens is 4. The summed E-state index contributed by atoms with van der Waals surface area (Å²) in [4.78, 5) is 18.4. The van der Waals surface area contributed by atoms with Crippen LogP contribution in [0, 0.1) is 6.92 Å². The monoisotopic (exact) mass is 422 g/mol. The van der Waals surface area contributed by atoms with E-state index in [2.05, 4.69) is 15.1 Å². The van der Waals surface area contributed by atoms with Gasteiger partial charge in [-0.2, -0.15) is 27.1 Å². The summed E-state index contributed by atoms with van der Waals surface area (Å²) in [5, 5.41) is 3.31. The van der Waals surface area contributed by atoms with Crippen molar-refractivity contribution < 1.29 is 30.7 Å². The maximum atomic E-state index is 13.4. The molecule has 1 N–H and O–H groups in total. The van der Waals surface area contributed by atoms with Crippen LogP contribution in [0.5, 0.6) is 0 Å². The van der Waals surface area contributed by atoms with Crippen molar-refractivity contribution in [2.24, 2.45) is 0 Å². The van der Waals surface area contributed by atoms with E-state index in [4.69, 9.17) is 0 Å². The van der Waals surface area contributed by atoms with Crippen LogP contribution in [0.25, 0.3) is 11.0 Å². The van der Waals surface area contributed by atoms with E-state index >= 15 is 0 Å². The molecule has 29 heavy (non-hydrogen) atoms. The Kier molecular flexibility index (Phi) is 4.91. The Bertz CT molecular complexity index is 1100. The SMILES string of the molecule is Cc1nc2c(c(C(F)F)nn2C(C)c2ccc(C(F)(F)C(F)(F)F)cc2)c(=O)[nH]1. The van der Waals surface area contributed by atoms with Crippen LogP contribution in [0.4, 0.5) is 30.7 Å². The first-order valence-electron chi connectivity index (χ1n) is 8.16. The van der Waals surface area contributed by atoms with Crippen molar-refractivity contribution >= 4 is 11.0 Å². The molecular weight excluding hydrogens is 409 g/mol. The number of rotatable bonds is 4. The highest BCUT2D eigenvalue weighted by atomic mass is 19.4. The predicted octanol–water partition coefficient (Wildman–Crippen LogP) is 4.63. The van der Waals surface area contributed by atoms with Crippen LogP contribution in [0.2, 0.25) is 0 Å². The number of hydrogen-bond donors (Lipinski definition) is 1. The van der Waals surface area contributed by atoms with Gasteiger partial charge in [0.15, 0.2) is 5.65 Å². The fourth-order valence-electron chi connectivity index (χ4n) is 2.88. The average molecular weight is 422 g/mol. The highest BCUT2D eigenvalue weighted by molar-refractivity contribution is 5.77. The third-order valence-electron chi connectivity index (χ3n) is 4.39. The minimum absolute atomic E-state index is 0.136. The van der Waals surface area contributed by atoms with Crippen molar-refractivity contribution in [1.82, 2.24) is 19.7 Å². The summed E-state index contributed by atoms with van der Waals surface area (Å²) in [5.41, 5.74) is -2.83. The van der Waals surface area contributed by atoms with Crippen LogP contribution < -0.4 is 5.56 Å². The molecule has 0 spiro atoms. The fraction of sp³-hybridized carbons (Fsp3) is 0.353. The molecule has 0 fully saturated rings. The summed E-state index contributed by atoms with van der Waals surface area (Å²) in [6.07, 6.45) is -8.84. The number of hydrogen-bond acceptors (Lipinski definition) is 3. The molecule has 0 aliphatic heterocycles. The van der Waals surface area contributed by atoms with E-state index < -0.39 is 46.8 Å². The fourth-order valence-corrected chi connectivity index (χ4v) is 2.88. The molecule has 3 aromatic rings. The van der Waals surface area contributed by atoms with Crippen LogP contribution >= 0.6 is 0 Å². The normalized spacial score (nSPS) is 14.0. The van der Waals surface area contributed by atoms with Crippen LogP contribution in [0.15, 0.2) is 29.1 Å². The van der Waals surface area contributed by atoms with E-state index in [0.717, 1.165) is 16.8 Å².